The quantitative estimate of drug-likeness (QED) is 0.474. The SMILES string of the molecule is CCCN(CC(=O)N(CCOC)Cc1cccn1C)C(=O)CCC(=O)OCC. The summed E-state index contributed by atoms with van der Waals surface area (Å²) in [5.41, 5.74) is 1.00. The largest absolute Gasteiger partial charge is 0.466 e. The van der Waals surface area contributed by atoms with Gasteiger partial charge in [-0.05, 0) is 25.5 Å². The summed E-state index contributed by atoms with van der Waals surface area (Å²) in [5.74, 6) is -0.756. The Morgan fingerprint density at radius 1 is 1.07 bits per heavy atom. The van der Waals surface area contributed by atoms with Crippen LogP contribution in [0.1, 0.15) is 38.8 Å². The van der Waals surface area contributed by atoms with Gasteiger partial charge in [0.25, 0.3) is 0 Å². The van der Waals surface area contributed by atoms with Gasteiger partial charge in [0.2, 0.25) is 11.8 Å². The van der Waals surface area contributed by atoms with Crippen molar-refractivity contribution in [3.05, 3.63) is 24.0 Å². The Labute approximate surface area is 167 Å². The van der Waals surface area contributed by atoms with E-state index in [2.05, 4.69) is 0 Å². The first kappa shape index (κ1) is 23.7. The Morgan fingerprint density at radius 3 is 2.39 bits per heavy atom. The predicted molar refractivity (Wildman–Crippen MR) is 105 cm³/mol. The molecule has 0 radical (unpaired) electrons. The summed E-state index contributed by atoms with van der Waals surface area (Å²) < 4.78 is 12.0. The molecule has 1 aromatic rings. The fourth-order valence-electron chi connectivity index (χ4n) is 2.78. The molecule has 0 aliphatic carbocycles. The van der Waals surface area contributed by atoms with Gasteiger partial charge in [-0.2, -0.15) is 0 Å². The van der Waals surface area contributed by atoms with Crippen LogP contribution >= 0.6 is 0 Å². The second-order valence-corrected chi connectivity index (χ2v) is 6.54. The van der Waals surface area contributed by atoms with E-state index in [1.165, 1.54) is 4.90 Å². The number of hydrogen-bond donors (Lipinski definition) is 0. The lowest BCUT2D eigenvalue weighted by Gasteiger charge is -2.27. The Morgan fingerprint density at radius 2 is 1.82 bits per heavy atom. The van der Waals surface area contributed by atoms with Gasteiger partial charge in [0.1, 0.15) is 0 Å². The van der Waals surface area contributed by atoms with Gasteiger partial charge in [-0.3, -0.25) is 14.4 Å². The van der Waals surface area contributed by atoms with Crippen molar-refractivity contribution in [2.45, 2.75) is 39.7 Å². The molecule has 0 aliphatic heterocycles. The lowest BCUT2D eigenvalue weighted by molar-refractivity contribution is -0.146. The summed E-state index contributed by atoms with van der Waals surface area (Å²) in [4.78, 5) is 40.1. The molecule has 0 atom stereocenters. The van der Waals surface area contributed by atoms with E-state index in [4.69, 9.17) is 9.47 Å². The standard InChI is InChI=1S/C20H33N3O5/c1-5-11-22(18(24)9-10-20(26)28-6-2)16-19(25)23(13-14-27-4)15-17-8-7-12-21(17)3/h7-8,12H,5-6,9-11,13-16H2,1-4H3. The molecule has 2 amide bonds. The highest BCUT2D eigenvalue weighted by Crippen LogP contribution is 2.08. The maximum atomic E-state index is 12.9. The molecular weight excluding hydrogens is 362 g/mol. The number of amides is 2. The summed E-state index contributed by atoms with van der Waals surface area (Å²) in [7, 11) is 3.52. The van der Waals surface area contributed by atoms with Crippen LogP contribution in [0.15, 0.2) is 18.3 Å². The highest BCUT2D eigenvalue weighted by atomic mass is 16.5. The molecular formula is C20H33N3O5. The van der Waals surface area contributed by atoms with Gasteiger partial charge in [-0.25, -0.2) is 0 Å². The number of esters is 1. The Balaban J connectivity index is 2.74. The van der Waals surface area contributed by atoms with Crippen molar-refractivity contribution >= 4 is 17.8 Å². The summed E-state index contributed by atoms with van der Waals surface area (Å²) >= 11 is 0. The lowest BCUT2D eigenvalue weighted by atomic mass is 10.2. The fourth-order valence-corrected chi connectivity index (χ4v) is 2.78. The van der Waals surface area contributed by atoms with Crippen molar-refractivity contribution in [1.82, 2.24) is 14.4 Å². The Hall–Kier alpha value is -2.35. The normalized spacial score (nSPS) is 10.6. The average molecular weight is 396 g/mol. The fraction of sp³-hybridized carbons (Fsp3) is 0.650. The van der Waals surface area contributed by atoms with Crippen LogP contribution in [0, 0.1) is 0 Å². The smallest absolute Gasteiger partial charge is 0.306 e. The molecule has 0 aromatic carbocycles. The molecule has 0 N–H and O–H groups in total. The number of carbonyl (C=O) groups excluding carboxylic acids is 3. The van der Waals surface area contributed by atoms with E-state index >= 15 is 0 Å². The van der Waals surface area contributed by atoms with Gasteiger partial charge < -0.3 is 23.8 Å². The van der Waals surface area contributed by atoms with Gasteiger partial charge >= 0.3 is 5.97 Å². The Bertz CT molecular complexity index is 629. The van der Waals surface area contributed by atoms with Gasteiger partial charge in [-0.1, -0.05) is 6.92 Å². The molecule has 8 nitrogen and oxygen atoms in total. The zero-order valence-corrected chi connectivity index (χ0v) is 17.5. The van der Waals surface area contributed by atoms with Crippen LogP contribution in [0.3, 0.4) is 0 Å². The minimum absolute atomic E-state index is 0.0103. The highest BCUT2D eigenvalue weighted by molar-refractivity contribution is 5.86. The molecule has 1 aromatic heterocycles. The summed E-state index contributed by atoms with van der Waals surface area (Å²) in [5, 5.41) is 0. The molecule has 8 heteroatoms. The van der Waals surface area contributed by atoms with Crippen LogP contribution in [0.5, 0.6) is 0 Å². The molecule has 0 saturated carbocycles. The van der Waals surface area contributed by atoms with Gasteiger partial charge in [0, 0.05) is 45.6 Å². The molecule has 1 rings (SSSR count). The van der Waals surface area contributed by atoms with E-state index in [1.807, 2.05) is 36.9 Å². The first-order valence-corrected chi connectivity index (χ1v) is 9.73. The second kappa shape index (κ2) is 12.9. The van der Waals surface area contributed by atoms with E-state index in [0.717, 1.165) is 12.1 Å². The minimum atomic E-state index is -0.399. The van der Waals surface area contributed by atoms with Crippen LogP contribution in [-0.2, 0) is 37.4 Å². The first-order valence-electron chi connectivity index (χ1n) is 9.73. The number of ether oxygens (including phenoxy) is 2. The number of nitrogens with zero attached hydrogens (tertiary/aromatic N) is 3. The molecule has 158 valence electrons. The topological polar surface area (TPSA) is 81.1 Å². The van der Waals surface area contributed by atoms with Crippen molar-refractivity contribution in [3.8, 4) is 0 Å². The molecule has 0 spiro atoms. The third-order valence-corrected chi connectivity index (χ3v) is 4.34. The average Bonchev–Trinajstić information content (AvgIpc) is 3.07. The van der Waals surface area contributed by atoms with Gasteiger partial charge in [-0.15, -0.1) is 0 Å². The highest BCUT2D eigenvalue weighted by Gasteiger charge is 2.22. The van der Waals surface area contributed by atoms with E-state index in [-0.39, 0.29) is 37.8 Å². The molecule has 0 bridgehead atoms. The molecule has 0 aliphatic rings. The van der Waals surface area contributed by atoms with E-state index in [9.17, 15) is 14.4 Å². The maximum Gasteiger partial charge on any atom is 0.306 e. The van der Waals surface area contributed by atoms with Crippen molar-refractivity contribution in [1.29, 1.82) is 0 Å². The van der Waals surface area contributed by atoms with Gasteiger partial charge in [0.15, 0.2) is 0 Å². The van der Waals surface area contributed by atoms with Crippen LogP contribution in [-0.4, -0.2) is 72.1 Å². The third kappa shape index (κ3) is 8.12. The molecule has 0 saturated heterocycles. The van der Waals surface area contributed by atoms with E-state index in [1.54, 1.807) is 18.9 Å². The third-order valence-electron chi connectivity index (χ3n) is 4.34. The number of methoxy groups -OCH3 is 1. The summed E-state index contributed by atoms with van der Waals surface area (Å²) in [6.07, 6.45) is 2.73. The number of hydrogen-bond acceptors (Lipinski definition) is 5. The molecule has 0 fully saturated rings. The van der Waals surface area contributed by atoms with E-state index < -0.39 is 5.97 Å². The van der Waals surface area contributed by atoms with E-state index in [0.29, 0.717) is 26.2 Å². The lowest BCUT2D eigenvalue weighted by Crippen LogP contribution is -2.44. The van der Waals surface area contributed by atoms with Gasteiger partial charge in [0.05, 0.1) is 32.7 Å². The van der Waals surface area contributed by atoms with Crippen molar-refractivity contribution in [3.63, 3.8) is 0 Å². The van der Waals surface area contributed by atoms with Crippen LogP contribution in [0.25, 0.3) is 0 Å². The zero-order valence-electron chi connectivity index (χ0n) is 17.5. The number of carbonyl (C=O) groups is 3. The number of aromatic nitrogens is 1. The minimum Gasteiger partial charge on any atom is -0.466 e. The van der Waals surface area contributed by atoms with Crippen LogP contribution in [0.4, 0.5) is 0 Å². The second-order valence-electron chi connectivity index (χ2n) is 6.54. The summed E-state index contributed by atoms with van der Waals surface area (Å²) in [6.45, 7) is 5.73. The summed E-state index contributed by atoms with van der Waals surface area (Å²) in [6, 6.07) is 3.89. The predicted octanol–water partition coefficient (Wildman–Crippen LogP) is 1.58. The van der Waals surface area contributed by atoms with Crippen LogP contribution in [0.2, 0.25) is 0 Å². The van der Waals surface area contributed by atoms with Crippen molar-refractivity contribution < 1.29 is 23.9 Å². The molecule has 28 heavy (non-hydrogen) atoms. The number of rotatable bonds is 13. The Kier molecular flexibility index (Phi) is 10.9. The van der Waals surface area contributed by atoms with Crippen molar-refractivity contribution in [2.24, 2.45) is 7.05 Å². The molecule has 0 unspecified atom stereocenters. The maximum absolute atomic E-state index is 12.9. The number of aryl methyl sites for hydroxylation is 1. The van der Waals surface area contributed by atoms with Crippen molar-refractivity contribution in [2.75, 3.05) is 40.0 Å². The monoisotopic (exact) mass is 395 g/mol. The zero-order chi connectivity index (χ0) is 20.9. The molecule has 1 heterocycles. The van der Waals surface area contributed by atoms with Crippen LogP contribution < -0.4 is 0 Å². The first-order chi connectivity index (χ1) is 13.4.